The second-order valence-electron chi connectivity index (χ2n) is 13.9. The Kier molecular flexibility index (Phi) is 6.24. The number of fused-ring (bicyclic) bond motifs is 10. The van der Waals surface area contributed by atoms with Gasteiger partial charge in [0.2, 0.25) is 0 Å². The van der Waals surface area contributed by atoms with Gasteiger partial charge in [-0.3, -0.25) is 0 Å². The van der Waals surface area contributed by atoms with E-state index < -0.39 is 0 Å². The topological polar surface area (TPSA) is 78.1 Å². The van der Waals surface area contributed by atoms with Gasteiger partial charge in [-0.15, -0.1) is 0 Å². The van der Waals surface area contributed by atoms with E-state index in [1.165, 1.54) is 0 Å². The standard InChI is InChI=1S/C49H27N3O3/c1-2-12-29-27-30(24-23-28(29)11-1)47-50-48(52-49(51-47)38-18-9-17-33-31-13-3-6-19-39(31)54-45(33)38)37-26-25-34(46-44(37)36-15-5-8-21-41(36)55-46)32-16-10-22-42-43(32)35-14-4-7-20-40(35)53-42/h1-27H. The number of rotatable bonds is 4. The molecular formula is C49H27N3O3. The second-order valence-corrected chi connectivity index (χ2v) is 13.9. The number of benzene rings is 8. The SMILES string of the molecule is c1ccc2cc(-c3nc(-c4cccc5c4oc4ccccc45)nc(-c4ccc(-c5cccc6oc7ccccc7c56)c5oc6ccccc6c45)n3)ccc2c1. The zero-order chi connectivity index (χ0) is 36.0. The van der Waals surface area contributed by atoms with Crippen LogP contribution in [0.5, 0.6) is 0 Å². The Hall–Kier alpha value is -7.57. The van der Waals surface area contributed by atoms with Crippen LogP contribution in [-0.2, 0) is 0 Å². The molecule has 8 aromatic carbocycles. The predicted molar refractivity (Wildman–Crippen MR) is 221 cm³/mol. The number of para-hydroxylation sites is 4. The summed E-state index contributed by atoms with van der Waals surface area (Å²) in [6.45, 7) is 0. The highest BCUT2D eigenvalue weighted by atomic mass is 16.3. The van der Waals surface area contributed by atoms with E-state index in [0.717, 1.165) is 104 Å². The molecule has 4 heterocycles. The maximum Gasteiger partial charge on any atom is 0.167 e. The smallest absolute Gasteiger partial charge is 0.167 e. The highest BCUT2D eigenvalue weighted by Crippen LogP contribution is 2.45. The fraction of sp³-hybridized carbons (Fsp3) is 0. The fourth-order valence-electron chi connectivity index (χ4n) is 8.22. The summed E-state index contributed by atoms with van der Waals surface area (Å²) in [5.74, 6) is 1.63. The third kappa shape index (κ3) is 4.52. The zero-order valence-electron chi connectivity index (χ0n) is 29.2. The molecule has 0 radical (unpaired) electrons. The van der Waals surface area contributed by atoms with Crippen molar-refractivity contribution in [1.82, 2.24) is 15.0 Å². The van der Waals surface area contributed by atoms with Crippen LogP contribution in [-0.4, -0.2) is 15.0 Å². The van der Waals surface area contributed by atoms with Crippen LogP contribution in [0.4, 0.5) is 0 Å². The van der Waals surface area contributed by atoms with Gasteiger partial charge in [0.05, 0.1) is 5.56 Å². The van der Waals surface area contributed by atoms with Crippen molar-refractivity contribution in [2.24, 2.45) is 0 Å². The number of hydrogen-bond acceptors (Lipinski definition) is 6. The number of aromatic nitrogens is 3. The second kappa shape index (κ2) is 11.5. The minimum absolute atomic E-state index is 0.525. The van der Waals surface area contributed by atoms with Crippen molar-refractivity contribution in [1.29, 1.82) is 0 Å². The van der Waals surface area contributed by atoms with E-state index in [0.29, 0.717) is 17.5 Å². The van der Waals surface area contributed by atoms with Crippen LogP contribution in [0.2, 0.25) is 0 Å². The normalized spacial score (nSPS) is 12.0. The van der Waals surface area contributed by atoms with Crippen molar-refractivity contribution in [2.45, 2.75) is 0 Å². The predicted octanol–water partition coefficient (Wildman–Crippen LogP) is 13.4. The Bertz CT molecular complexity index is 3520. The Labute approximate surface area is 312 Å². The maximum absolute atomic E-state index is 6.79. The van der Waals surface area contributed by atoms with Crippen LogP contribution in [0.3, 0.4) is 0 Å². The molecule has 0 amide bonds. The molecule has 256 valence electrons. The molecule has 0 spiro atoms. The average molecular weight is 706 g/mol. The summed E-state index contributed by atoms with van der Waals surface area (Å²) >= 11 is 0. The summed E-state index contributed by atoms with van der Waals surface area (Å²) < 4.78 is 19.6. The molecule has 6 nitrogen and oxygen atoms in total. The Morgan fingerprint density at radius 3 is 1.71 bits per heavy atom. The van der Waals surface area contributed by atoms with Crippen LogP contribution in [0.25, 0.3) is 122 Å². The van der Waals surface area contributed by atoms with Crippen molar-refractivity contribution < 1.29 is 13.3 Å². The molecular weight excluding hydrogens is 679 g/mol. The van der Waals surface area contributed by atoms with Crippen molar-refractivity contribution in [3.63, 3.8) is 0 Å². The van der Waals surface area contributed by atoms with Crippen LogP contribution < -0.4 is 0 Å². The minimum Gasteiger partial charge on any atom is -0.456 e. The summed E-state index contributed by atoms with van der Waals surface area (Å²) in [7, 11) is 0. The van der Waals surface area contributed by atoms with E-state index in [1.807, 2.05) is 84.9 Å². The molecule has 0 aliphatic heterocycles. The van der Waals surface area contributed by atoms with E-state index in [9.17, 15) is 0 Å². The third-order valence-corrected chi connectivity index (χ3v) is 10.7. The van der Waals surface area contributed by atoms with Gasteiger partial charge in [-0.1, -0.05) is 115 Å². The Balaban J connectivity index is 1.15. The third-order valence-electron chi connectivity index (χ3n) is 10.7. The molecule has 6 heteroatoms. The lowest BCUT2D eigenvalue weighted by Crippen LogP contribution is -2.01. The highest BCUT2D eigenvalue weighted by molar-refractivity contribution is 6.20. The molecule has 0 aliphatic rings. The summed E-state index contributed by atoms with van der Waals surface area (Å²) in [6.07, 6.45) is 0. The molecule has 0 N–H and O–H groups in total. The summed E-state index contributed by atoms with van der Waals surface area (Å²) in [6, 6.07) is 55.7. The van der Waals surface area contributed by atoms with Gasteiger partial charge in [0.1, 0.15) is 33.5 Å². The van der Waals surface area contributed by atoms with E-state index >= 15 is 0 Å². The monoisotopic (exact) mass is 705 g/mol. The van der Waals surface area contributed by atoms with E-state index in [-0.39, 0.29) is 0 Å². The van der Waals surface area contributed by atoms with Crippen molar-refractivity contribution in [2.75, 3.05) is 0 Å². The first kappa shape index (κ1) is 29.9. The van der Waals surface area contributed by atoms with E-state index in [1.54, 1.807) is 0 Å². The first-order valence-corrected chi connectivity index (χ1v) is 18.3. The van der Waals surface area contributed by atoms with E-state index in [4.69, 9.17) is 28.2 Å². The summed E-state index contributed by atoms with van der Waals surface area (Å²) in [5.41, 5.74) is 9.29. The highest BCUT2D eigenvalue weighted by Gasteiger charge is 2.23. The molecule has 12 rings (SSSR count). The van der Waals surface area contributed by atoms with Crippen LogP contribution in [0.1, 0.15) is 0 Å². The van der Waals surface area contributed by atoms with E-state index in [2.05, 4.69) is 78.9 Å². The number of hydrogen-bond donors (Lipinski definition) is 0. The molecule has 12 aromatic rings. The number of nitrogens with zero attached hydrogens (tertiary/aromatic N) is 3. The quantitative estimate of drug-likeness (QED) is 0.181. The first-order chi connectivity index (χ1) is 27.2. The van der Waals surface area contributed by atoms with Crippen LogP contribution in [0, 0.1) is 0 Å². The van der Waals surface area contributed by atoms with Gasteiger partial charge in [0, 0.05) is 49.0 Å². The summed E-state index contributed by atoms with van der Waals surface area (Å²) in [4.78, 5) is 15.7. The molecule has 4 aromatic heterocycles. The molecule has 0 saturated heterocycles. The largest absolute Gasteiger partial charge is 0.456 e. The average Bonchev–Trinajstić information content (AvgIpc) is 3.95. The minimum atomic E-state index is 0.525. The lowest BCUT2D eigenvalue weighted by atomic mass is 9.95. The molecule has 0 aliphatic carbocycles. The first-order valence-electron chi connectivity index (χ1n) is 18.3. The number of furan rings is 3. The van der Waals surface area contributed by atoms with Crippen molar-refractivity contribution in [3.8, 4) is 45.3 Å². The Morgan fingerprint density at radius 2 is 0.873 bits per heavy atom. The molecule has 0 fully saturated rings. The molecule has 0 bridgehead atoms. The van der Waals surface area contributed by atoms with Gasteiger partial charge in [-0.25, -0.2) is 15.0 Å². The van der Waals surface area contributed by atoms with Gasteiger partial charge in [0.25, 0.3) is 0 Å². The Morgan fingerprint density at radius 1 is 0.309 bits per heavy atom. The molecule has 0 atom stereocenters. The van der Waals surface area contributed by atoms with Crippen LogP contribution in [0.15, 0.2) is 177 Å². The van der Waals surface area contributed by atoms with Crippen molar-refractivity contribution in [3.05, 3.63) is 164 Å². The van der Waals surface area contributed by atoms with Gasteiger partial charge in [0.15, 0.2) is 17.5 Å². The van der Waals surface area contributed by atoms with Crippen LogP contribution >= 0.6 is 0 Å². The van der Waals surface area contributed by atoms with Crippen molar-refractivity contribution >= 4 is 76.6 Å². The molecule has 55 heavy (non-hydrogen) atoms. The molecule has 0 unspecified atom stereocenters. The summed E-state index contributed by atoms with van der Waals surface area (Å²) in [5, 5.41) is 8.33. The van der Waals surface area contributed by atoms with Gasteiger partial charge < -0.3 is 13.3 Å². The van der Waals surface area contributed by atoms with Gasteiger partial charge in [-0.2, -0.15) is 0 Å². The maximum atomic E-state index is 6.79. The lowest BCUT2D eigenvalue weighted by Gasteiger charge is -2.12. The molecule has 0 saturated carbocycles. The van der Waals surface area contributed by atoms with Gasteiger partial charge >= 0.3 is 0 Å². The lowest BCUT2D eigenvalue weighted by molar-refractivity contribution is 0.668. The van der Waals surface area contributed by atoms with Gasteiger partial charge in [-0.05, 0) is 64.9 Å². The zero-order valence-corrected chi connectivity index (χ0v) is 29.2. The fourth-order valence-corrected chi connectivity index (χ4v) is 8.22.